The lowest BCUT2D eigenvalue weighted by atomic mass is 9.98. The lowest BCUT2D eigenvalue weighted by molar-refractivity contribution is -0.143. The second-order valence-electron chi connectivity index (χ2n) is 9.48. The molecule has 0 radical (unpaired) electrons. The third-order valence-corrected chi connectivity index (χ3v) is 6.11. The molecule has 37 heavy (non-hydrogen) atoms. The first-order chi connectivity index (χ1) is 17.3. The number of aliphatic carboxylic acids is 1. The van der Waals surface area contributed by atoms with E-state index in [0.717, 1.165) is 0 Å². The predicted octanol–water partition coefficient (Wildman–Crippen LogP) is -0.231. The van der Waals surface area contributed by atoms with Crippen molar-refractivity contribution >= 4 is 29.6 Å². The van der Waals surface area contributed by atoms with Crippen LogP contribution in [0.15, 0.2) is 24.3 Å². The summed E-state index contributed by atoms with van der Waals surface area (Å²) in [6, 6.07) is 1.38. The normalized spacial score (nSPS) is 15.1. The van der Waals surface area contributed by atoms with Gasteiger partial charge in [-0.3, -0.25) is 19.2 Å². The fourth-order valence-corrected chi connectivity index (χ4v) is 3.45. The highest BCUT2D eigenvalue weighted by Crippen LogP contribution is 2.13. The molecular formula is C25H39N5O7. The van der Waals surface area contributed by atoms with Crippen LogP contribution in [-0.2, 0) is 30.4 Å². The fraction of sp³-hybridized carbons (Fsp3) is 0.560. The van der Waals surface area contributed by atoms with Crippen molar-refractivity contribution in [1.29, 1.82) is 0 Å². The van der Waals surface area contributed by atoms with Crippen molar-refractivity contribution < 1.29 is 34.2 Å². The number of carbonyl (C=O) groups excluding carboxylic acids is 4. The van der Waals surface area contributed by atoms with E-state index in [-0.39, 0.29) is 30.9 Å². The number of primary amides is 1. The average molecular weight is 522 g/mol. The topological polar surface area (TPSA) is 214 Å². The van der Waals surface area contributed by atoms with Crippen molar-refractivity contribution in [3.05, 3.63) is 29.8 Å². The van der Waals surface area contributed by atoms with Crippen molar-refractivity contribution in [2.45, 2.75) is 77.5 Å². The molecule has 1 rings (SSSR count). The second-order valence-corrected chi connectivity index (χ2v) is 9.48. The number of nitrogens with two attached hydrogens (primary N) is 2. The Hall–Kier alpha value is -3.67. The first-order valence-corrected chi connectivity index (χ1v) is 12.2. The van der Waals surface area contributed by atoms with Crippen LogP contribution < -0.4 is 27.4 Å². The summed E-state index contributed by atoms with van der Waals surface area (Å²) in [5.74, 6) is -4.62. The number of carboxylic acids is 1. The van der Waals surface area contributed by atoms with Gasteiger partial charge in [0.05, 0.1) is 6.04 Å². The van der Waals surface area contributed by atoms with Gasteiger partial charge >= 0.3 is 5.97 Å². The molecule has 0 aliphatic rings. The number of carboxylic acid groups (broad SMARTS) is 1. The monoisotopic (exact) mass is 521 g/mol. The zero-order valence-electron chi connectivity index (χ0n) is 21.7. The number of aromatic hydroxyl groups is 1. The first kappa shape index (κ1) is 31.4. The summed E-state index contributed by atoms with van der Waals surface area (Å²) in [7, 11) is 0. The Morgan fingerprint density at radius 1 is 0.892 bits per heavy atom. The van der Waals surface area contributed by atoms with Crippen molar-refractivity contribution in [3.63, 3.8) is 0 Å². The molecule has 0 spiro atoms. The summed E-state index contributed by atoms with van der Waals surface area (Å²) < 4.78 is 0. The van der Waals surface area contributed by atoms with Gasteiger partial charge in [-0.15, -0.1) is 0 Å². The predicted molar refractivity (Wildman–Crippen MR) is 136 cm³/mol. The van der Waals surface area contributed by atoms with Gasteiger partial charge < -0.3 is 37.6 Å². The van der Waals surface area contributed by atoms with E-state index in [1.165, 1.54) is 12.1 Å². The molecule has 0 aromatic heterocycles. The molecule has 9 N–H and O–H groups in total. The Morgan fingerprint density at radius 2 is 1.43 bits per heavy atom. The Labute approximate surface area is 216 Å². The molecule has 0 heterocycles. The van der Waals surface area contributed by atoms with E-state index < -0.39 is 59.7 Å². The molecule has 0 bridgehead atoms. The van der Waals surface area contributed by atoms with E-state index in [0.29, 0.717) is 12.0 Å². The fourth-order valence-electron chi connectivity index (χ4n) is 3.45. The van der Waals surface area contributed by atoms with Crippen molar-refractivity contribution in [1.82, 2.24) is 16.0 Å². The average Bonchev–Trinajstić information content (AvgIpc) is 2.83. The third-order valence-electron chi connectivity index (χ3n) is 6.11. The van der Waals surface area contributed by atoms with Gasteiger partial charge in [-0.25, -0.2) is 4.79 Å². The molecule has 5 atom stereocenters. The highest BCUT2D eigenvalue weighted by Gasteiger charge is 2.32. The zero-order chi connectivity index (χ0) is 28.3. The Kier molecular flexibility index (Phi) is 12.5. The third kappa shape index (κ3) is 10.5. The zero-order valence-corrected chi connectivity index (χ0v) is 21.7. The maximum atomic E-state index is 13.2. The van der Waals surface area contributed by atoms with Crippen LogP contribution in [0, 0.1) is 11.8 Å². The van der Waals surface area contributed by atoms with Crippen LogP contribution in [0.25, 0.3) is 0 Å². The van der Waals surface area contributed by atoms with Gasteiger partial charge in [-0.2, -0.15) is 0 Å². The van der Waals surface area contributed by atoms with Crippen molar-refractivity contribution in [2.75, 3.05) is 0 Å². The Morgan fingerprint density at radius 3 is 1.92 bits per heavy atom. The van der Waals surface area contributed by atoms with Gasteiger partial charge in [0.1, 0.15) is 23.9 Å². The molecule has 0 aliphatic heterocycles. The number of phenols is 1. The molecule has 206 valence electrons. The molecule has 1 aromatic rings. The standard InChI is InChI=1S/C25H39N5O7/c1-5-14(4)20(27)24(35)28-17(10-11-19(26)32)22(33)29-18(12-15-6-8-16(31)9-7-15)23(34)30-21(13(2)3)25(36)37/h6-9,13-14,17-18,20-21,31H,5,10-12,27H2,1-4H3,(H2,26,32)(H,28,35)(H,29,33)(H,30,34)(H,36,37)/t14-,17-,18-,20-,21-/m0/s1. The van der Waals surface area contributed by atoms with E-state index in [9.17, 15) is 34.2 Å². The molecule has 0 saturated heterocycles. The number of amides is 4. The Bertz CT molecular complexity index is 951. The minimum atomic E-state index is -1.23. The number of hydrogen-bond donors (Lipinski definition) is 7. The summed E-state index contributed by atoms with van der Waals surface area (Å²) in [5.41, 5.74) is 11.8. The highest BCUT2D eigenvalue weighted by atomic mass is 16.4. The van der Waals surface area contributed by atoms with Gasteiger partial charge in [0.25, 0.3) is 0 Å². The summed E-state index contributed by atoms with van der Waals surface area (Å²) in [4.78, 5) is 61.9. The SMILES string of the molecule is CC[C@H](C)[C@H](N)C(=O)N[C@@H](CCC(N)=O)C(=O)N[C@@H](Cc1ccc(O)cc1)C(=O)N[C@H](C(=O)O)C(C)C. The van der Waals surface area contributed by atoms with Crippen LogP contribution >= 0.6 is 0 Å². The molecule has 0 unspecified atom stereocenters. The Balaban J connectivity index is 3.20. The smallest absolute Gasteiger partial charge is 0.326 e. The second kappa shape index (κ2) is 14.8. The van der Waals surface area contributed by atoms with Gasteiger partial charge in [0.2, 0.25) is 23.6 Å². The van der Waals surface area contributed by atoms with Gasteiger partial charge in [-0.05, 0) is 36.0 Å². The molecule has 0 aliphatic carbocycles. The number of hydrogen-bond acceptors (Lipinski definition) is 7. The van der Waals surface area contributed by atoms with Crippen LogP contribution in [0.3, 0.4) is 0 Å². The number of phenolic OH excluding ortho intramolecular Hbond substituents is 1. The van der Waals surface area contributed by atoms with Crippen LogP contribution in [0.5, 0.6) is 5.75 Å². The number of rotatable bonds is 15. The summed E-state index contributed by atoms with van der Waals surface area (Å²) in [5, 5.41) is 26.6. The number of nitrogens with one attached hydrogen (secondary N) is 3. The van der Waals surface area contributed by atoms with Gasteiger partial charge in [0, 0.05) is 12.8 Å². The highest BCUT2D eigenvalue weighted by molar-refractivity contribution is 5.94. The van der Waals surface area contributed by atoms with Gasteiger partial charge in [-0.1, -0.05) is 46.2 Å². The number of benzene rings is 1. The molecule has 0 fully saturated rings. The molecule has 12 heteroatoms. The number of carbonyl (C=O) groups is 5. The van der Waals surface area contributed by atoms with Crippen molar-refractivity contribution in [2.24, 2.45) is 23.3 Å². The summed E-state index contributed by atoms with van der Waals surface area (Å²) in [6.45, 7) is 6.91. The maximum Gasteiger partial charge on any atom is 0.326 e. The van der Waals surface area contributed by atoms with Crippen LogP contribution in [0.1, 0.15) is 52.5 Å². The summed E-state index contributed by atoms with van der Waals surface area (Å²) in [6.07, 6.45) is 0.255. The van der Waals surface area contributed by atoms with Gasteiger partial charge in [0.15, 0.2) is 0 Å². The van der Waals surface area contributed by atoms with E-state index in [4.69, 9.17) is 11.5 Å². The molecule has 1 aromatic carbocycles. The minimum Gasteiger partial charge on any atom is -0.508 e. The molecular weight excluding hydrogens is 482 g/mol. The first-order valence-electron chi connectivity index (χ1n) is 12.2. The quantitative estimate of drug-likeness (QED) is 0.163. The van der Waals surface area contributed by atoms with Crippen LogP contribution in [-0.4, -0.2) is 64.0 Å². The van der Waals surface area contributed by atoms with Crippen molar-refractivity contribution in [3.8, 4) is 5.75 Å². The van der Waals surface area contributed by atoms with E-state index >= 15 is 0 Å². The van der Waals surface area contributed by atoms with Crippen LogP contribution in [0.4, 0.5) is 0 Å². The molecule has 12 nitrogen and oxygen atoms in total. The van der Waals surface area contributed by atoms with E-state index in [2.05, 4.69) is 16.0 Å². The lowest BCUT2D eigenvalue weighted by Gasteiger charge is -2.26. The minimum absolute atomic E-state index is 0.00594. The largest absolute Gasteiger partial charge is 0.508 e. The van der Waals surface area contributed by atoms with Crippen LogP contribution in [0.2, 0.25) is 0 Å². The van der Waals surface area contributed by atoms with E-state index in [1.54, 1.807) is 32.9 Å². The van der Waals surface area contributed by atoms with E-state index in [1.807, 2.05) is 6.92 Å². The maximum absolute atomic E-state index is 13.2. The summed E-state index contributed by atoms with van der Waals surface area (Å²) >= 11 is 0. The molecule has 0 saturated carbocycles. The lowest BCUT2D eigenvalue weighted by Crippen LogP contribution is -2.58. The molecule has 4 amide bonds.